The van der Waals surface area contributed by atoms with Crippen molar-refractivity contribution >= 4 is 5.91 Å². The van der Waals surface area contributed by atoms with Crippen molar-refractivity contribution in [3.8, 4) is 0 Å². The molecular formula is C15H21FN2O. The van der Waals surface area contributed by atoms with Gasteiger partial charge in [0.15, 0.2) is 0 Å². The smallest absolute Gasteiger partial charge is 0.240 e. The Hall–Kier alpha value is -1.42. The van der Waals surface area contributed by atoms with Gasteiger partial charge in [-0.1, -0.05) is 26.0 Å². The lowest BCUT2D eigenvalue weighted by molar-refractivity contribution is -0.134. The highest BCUT2D eigenvalue weighted by Gasteiger charge is 2.35. The molecule has 1 aliphatic carbocycles. The molecule has 1 aromatic carbocycles. The Morgan fingerprint density at radius 2 is 2.16 bits per heavy atom. The normalized spacial score (nSPS) is 16.5. The molecule has 19 heavy (non-hydrogen) atoms. The van der Waals surface area contributed by atoms with Crippen LogP contribution in [0.25, 0.3) is 0 Å². The molecule has 0 saturated heterocycles. The zero-order chi connectivity index (χ0) is 14.0. The molecule has 0 heterocycles. The second kappa shape index (κ2) is 5.70. The van der Waals surface area contributed by atoms with Crippen LogP contribution < -0.4 is 5.73 Å². The average molecular weight is 264 g/mol. The van der Waals surface area contributed by atoms with E-state index in [9.17, 15) is 9.18 Å². The van der Waals surface area contributed by atoms with Crippen LogP contribution in [0.15, 0.2) is 24.3 Å². The number of halogens is 1. The summed E-state index contributed by atoms with van der Waals surface area (Å²) in [5, 5.41) is 0. The lowest BCUT2D eigenvalue weighted by atomic mass is 10.0. The monoisotopic (exact) mass is 264 g/mol. The Morgan fingerprint density at radius 3 is 2.68 bits per heavy atom. The summed E-state index contributed by atoms with van der Waals surface area (Å²) in [5.41, 5.74) is 6.76. The highest BCUT2D eigenvalue weighted by atomic mass is 19.1. The van der Waals surface area contributed by atoms with Gasteiger partial charge in [0.2, 0.25) is 5.91 Å². The number of carbonyl (C=O) groups is 1. The van der Waals surface area contributed by atoms with Crippen LogP contribution in [0, 0.1) is 11.7 Å². The van der Waals surface area contributed by atoms with Crippen molar-refractivity contribution in [2.24, 2.45) is 11.7 Å². The van der Waals surface area contributed by atoms with E-state index in [-0.39, 0.29) is 23.7 Å². The maximum atomic E-state index is 13.2. The molecule has 4 heteroatoms. The predicted octanol–water partition coefficient (Wildman–Crippen LogP) is 2.30. The molecular weight excluding hydrogens is 243 g/mol. The van der Waals surface area contributed by atoms with E-state index in [1.807, 2.05) is 19.9 Å². The van der Waals surface area contributed by atoms with E-state index in [4.69, 9.17) is 5.73 Å². The molecule has 1 aromatic rings. The molecule has 1 unspecified atom stereocenters. The van der Waals surface area contributed by atoms with Crippen LogP contribution in [0.4, 0.5) is 4.39 Å². The minimum absolute atomic E-state index is 0.0261. The standard InChI is InChI=1S/C15H21FN2O/c1-10(2)14(17)15(19)18(13-6-7-13)9-11-4-3-5-12(16)8-11/h3-5,8,10,13-14H,6-7,9,17H2,1-2H3. The van der Waals surface area contributed by atoms with E-state index in [2.05, 4.69) is 0 Å². The minimum Gasteiger partial charge on any atom is -0.334 e. The SMILES string of the molecule is CC(C)C(N)C(=O)N(Cc1cccc(F)c1)C1CC1. The number of nitrogens with zero attached hydrogens (tertiary/aromatic N) is 1. The van der Waals surface area contributed by atoms with E-state index < -0.39 is 6.04 Å². The van der Waals surface area contributed by atoms with Crippen LogP contribution >= 0.6 is 0 Å². The molecule has 0 spiro atoms. The van der Waals surface area contributed by atoms with Gasteiger partial charge in [-0.05, 0) is 36.5 Å². The summed E-state index contributed by atoms with van der Waals surface area (Å²) in [6.07, 6.45) is 2.04. The fourth-order valence-electron chi connectivity index (χ4n) is 2.08. The molecule has 1 fully saturated rings. The number of amides is 1. The van der Waals surface area contributed by atoms with E-state index in [0.717, 1.165) is 18.4 Å². The topological polar surface area (TPSA) is 46.3 Å². The molecule has 0 radical (unpaired) electrons. The number of nitrogens with two attached hydrogens (primary N) is 1. The molecule has 2 rings (SSSR count). The summed E-state index contributed by atoms with van der Waals surface area (Å²) in [7, 11) is 0. The molecule has 0 bridgehead atoms. The first-order valence-electron chi connectivity index (χ1n) is 6.79. The maximum Gasteiger partial charge on any atom is 0.240 e. The second-order valence-corrected chi connectivity index (χ2v) is 5.60. The molecule has 1 amide bonds. The Bertz CT molecular complexity index is 457. The Balaban J connectivity index is 2.10. The number of hydrogen-bond acceptors (Lipinski definition) is 2. The third-order valence-corrected chi connectivity index (χ3v) is 3.52. The van der Waals surface area contributed by atoms with Crippen molar-refractivity contribution in [3.63, 3.8) is 0 Å². The molecule has 0 aromatic heterocycles. The van der Waals surface area contributed by atoms with Crippen molar-refractivity contribution in [1.29, 1.82) is 0 Å². The fraction of sp³-hybridized carbons (Fsp3) is 0.533. The van der Waals surface area contributed by atoms with Gasteiger partial charge in [0.1, 0.15) is 5.82 Å². The lowest BCUT2D eigenvalue weighted by Gasteiger charge is -2.27. The third-order valence-electron chi connectivity index (χ3n) is 3.52. The Labute approximate surface area is 113 Å². The molecule has 1 saturated carbocycles. The summed E-state index contributed by atoms with van der Waals surface area (Å²) in [5.74, 6) is -0.183. The van der Waals surface area contributed by atoms with Crippen molar-refractivity contribution < 1.29 is 9.18 Å². The first-order valence-corrected chi connectivity index (χ1v) is 6.79. The average Bonchev–Trinajstić information content (AvgIpc) is 3.18. The van der Waals surface area contributed by atoms with Gasteiger partial charge >= 0.3 is 0 Å². The highest BCUT2D eigenvalue weighted by Crippen LogP contribution is 2.29. The largest absolute Gasteiger partial charge is 0.334 e. The van der Waals surface area contributed by atoms with E-state index in [0.29, 0.717) is 6.54 Å². The van der Waals surface area contributed by atoms with E-state index in [1.165, 1.54) is 12.1 Å². The first kappa shape index (κ1) is 14.0. The first-order chi connectivity index (χ1) is 8.99. The molecule has 2 N–H and O–H groups in total. The summed E-state index contributed by atoms with van der Waals surface area (Å²) >= 11 is 0. The molecule has 1 aliphatic rings. The van der Waals surface area contributed by atoms with Gasteiger partial charge in [0.25, 0.3) is 0 Å². The summed E-state index contributed by atoms with van der Waals surface area (Å²) < 4.78 is 13.2. The second-order valence-electron chi connectivity index (χ2n) is 5.60. The van der Waals surface area contributed by atoms with Crippen molar-refractivity contribution in [2.45, 2.75) is 45.3 Å². The van der Waals surface area contributed by atoms with Crippen LogP contribution in [0.1, 0.15) is 32.3 Å². The fourth-order valence-corrected chi connectivity index (χ4v) is 2.08. The Kier molecular flexibility index (Phi) is 4.20. The van der Waals surface area contributed by atoms with Gasteiger partial charge in [-0.3, -0.25) is 4.79 Å². The van der Waals surface area contributed by atoms with E-state index in [1.54, 1.807) is 11.0 Å². The molecule has 104 valence electrons. The van der Waals surface area contributed by atoms with Gasteiger partial charge in [0, 0.05) is 12.6 Å². The van der Waals surface area contributed by atoms with Crippen LogP contribution in [0.3, 0.4) is 0 Å². The molecule has 0 aliphatic heterocycles. The molecule has 1 atom stereocenters. The predicted molar refractivity (Wildman–Crippen MR) is 72.8 cm³/mol. The van der Waals surface area contributed by atoms with Gasteiger partial charge in [-0.15, -0.1) is 0 Å². The van der Waals surface area contributed by atoms with Gasteiger partial charge in [-0.25, -0.2) is 4.39 Å². The number of rotatable bonds is 5. The number of hydrogen-bond donors (Lipinski definition) is 1. The molecule has 3 nitrogen and oxygen atoms in total. The zero-order valence-electron chi connectivity index (χ0n) is 11.5. The quantitative estimate of drug-likeness (QED) is 0.887. The van der Waals surface area contributed by atoms with E-state index >= 15 is 0 Å². The third kappa shape index (κ3) is 3.53. The summed E-state index contributed by atoms with van der Waals surface area (Å²) in [6, 6.07) is 6.19. The van der Waals surface area contributed by atoms with Crippen LogP contribution in [-0.2, 0) is 11.3 Å². The number of benzene rings is 1. The highest BCUT2D eigenvalue weighted by molar-refractivity contribution is 5.82. The van der Waals surface area contributed by atoms with Crippen molar-refractivity contribution in [1.82, 2.24) is 4.90 Å². The summed E-state index contributed by atoms with van der Waals surface area (Å²) in [4.78, 5) is 14.2. The zero-order valence-corrected chi connectivity index (χ0v) is 11.5. The maximum absolute atomic E-state index is 13.2. The van der Waals surface area contributed by atoms with Gasteiger partial charge < -0.3 is 10.6 Å². The lowest BCUT2D eigenvalue weighted by Crippen LogP contribution is -2.47. The minimum atomic E-state index is -0.478. The van der Waals surface area contributed by atoms with Crippen LogP contribution in [0.2, 0.25) is 0 Å². The van der Waals surface area contributed by atoms with Crippen LogP contribution in [-0.4, -0.2) is 22.9 Å². The number of carbonyl (C=O) groups excluding carboxylic acids is 1. The Morgan fingerprint density at radius 1 is 1.47 bits per heavy atom. The van der Waals surface area contributed by atoms with Gasteiger partial charge in [0.05, 0.1) is 6.04 Å². The van der Waals surface area contributed by atoms with Crippen LogP contribution in [0.5, 0.6) is 0 Å². The van der Waals surface area contributed by atoms with Crippen molar-refractivity contribution in [2.75, 3.05) is 0 Å². The van der Waals surface area contributed by atoms with Gasteiger partial charge in [-0.2, -0.15) is 0 Å². The van der Waals surface area contributed by atoms with Crippen molar-refractivity contribution in [3.05, 3.63) is 35.6 Å². The summed E-state index contributed by atoms with van der Waals surface area (Å²) in [6.45, 7) is 4.33.